The molecule has 2 N–H and O–H groups in total. The SMILES string of the molecule is O=C(Nc1cccc(C(=O)Nc2ccc(Cl)cc2C(=O)c2ccccc2)c1)c1ccccc1. The standard InChI is InChI=1S/C27H19ClN2O3/c28-21-14-15-24(23(17-21)25(31)18-8-3-1-4-9-18)30-27(33)20-12-7-13-22(16-20)29-26(32)19-10-5-2-6-11-19/h1-17H,(H,29,32)(H,30,33). The van der Waals surface area contributed by atoms with Gasteiger partial charge >= 0.3 is 0 Å². The predicted octanol–water partition coefficient (Wildman–Crippen LogP) is 6.08. The molecular weight excluding hydrogens is 436 g/mol. The van der Waals surface area contributed by atoms with Crippen molar-refractivity contribution in [3.63, 3.8) is 0 Å². The molecule has 2 amide bonds. The van der Waals surface area contributed by atoms with E-state index >= 15 is 0 Å². The van der Waals surface area contributed by atoms with Crippen molar-refractivity contribution in [3.05, 3.63) is 130 Å². The second-order valence-electron chi connectivity index (χ2n) is 7.24. The third-order valence-electron chi connectivity index (χ3n) is 4.93. The number of hydrogen-bond donors (Lipinski definition) is 2. The largest absolute Gasteiger partial charge is 0.322 e. The Labute approximate surface area is 196 Å². The van der Waals surface area contributed by atoms with Gasteiger partial charge in [-0.25, -0.2) is 0 Å². The van der Waals surface area contributed by atoms with Gasteiger partial charge in [-0.15, -0.1) is 0 Å². The lowest BCUT2D eigenvalue weighted by molar-refractivity contribution is 0.101. The Bertz CT molecular complexity index is 1320. The first-order valence-electron chi connectivity index (χ1n) is 10.2. The van der Waals surface area contributed by atoms with Crippen molar-refractivity contribution in [3.8, 4) is 0 Å². The van der Waals surface area contributed by atoms with Crippen LogP contribution in [0, 0.1) is 0 Å². The summed E-state index contributed by atoms with van der Waals surface area (Å²) in [4.78, 5) is 38.4. The summed E-state index contributed by atoms with van der Waals surface area (Å²) in [5.41, 5.74) is 2.44. The highest BCUT2D eigenvalue weighted by atomic mass is 35.5. The lowest BCUT2D eigenvalue weighted by Crippen LogP contribution is -2.16. The minimum Gasteiger partial charge on any atom is -0.322 e. The summed E-state index contributed by atoms with van der Waals surface area (Å²) in [6, 6.07) is 28.9. The second-order valence-corrected chi connectivity index (χ2v) is 7.68. The normalized spacial score (nSPS) is 10.3. The molecule has 0 heterocycles. The fourth-order valence-electron chi connectivity index (χ4n) is 3.28. The number of halogens is 1. The quantitative estimate of drug-likeness (QED) is 0.347. The number of benzene rings is 4. The van der Waals surface area contributed by atoms with Gasteiger partial charge in [0.25, 0.3) is 11.8 Å². The molecule has 4 aromatic rings. The van der Waals surface area contributed by atoms with Crippen LogP contribution in [-0.2, 0) is 0 Å². The van der Waals surface area contributed by atoms with Crippen LogP contribution >= 0.6 is 11.6 Å². The van der Waals surface area contributed by atoms with Crippen molar-refractivity contribution in [2.24, 2.45) is 0 Å². The van der Waals surface area contributed by atoms with E-state index in [9.17, 15) is 14.4 Å². The number of amides is 2. The van der Waals surface area contributed by atoms with Crippen molar-refractivity contribution in [1.82, 2.24) is 0 Å². The van der Waals surface area contributed by atoms with Gasteiger partial charge < -0.3 is 10.6 Å². The number of nitrogens with one attached hydrogen (secondary N) is 2. The number of carbonyl (C=O) groups excluding carboxylic acids is 3. The number of hydrogen-bond acceptors (Lipinski definition) is 3. The summed E-state index contributed by atoms with van der Waals surface area (Å²) < 4.78 is 0. The molecule has 6 heteroatoms. The molecular formula is C27H19ClN2O3. The average Bonchev–Trinajstić information content (AvgIpc) is 2.86. The molecule has 162 valence electrons. The summed E-state index contributed by atoms with van der Waals surface area (Å²) in [7, 11) is 0. The van der Waals surface area contributed by atoms with E-state index in [1.165, 1.54) is 6.07 Å². The highest BCUT2D eigenvalue weighted by molar-refractivity contribution is 6.31. The summed E-state index contributed by atoms with van der Waals surface area (Å²) in [5.74, 6) is -0.950. The van der Waals surface area contributed by atoms with Gasteiger partial charge in [0.15, 0.2) is 5.78 Å². The lowest BCUT2D eigenvalue weighted by Gasteiger charge is -2.12. The van der Waals surface area contributed by atoms with Gasteiger partial charge in [-0.1, -0.05) is 66.2 Å². The molecule has 0 bridgehead atoms. The highest BCUT2D eigenvalue weighted by Gasteiger charge is 2.17. The van der Waals surface area contributed by atoms with Gasteiger partial charge in [0.2, 0.25) is 0 Å². The van der Waals surface area contributed by atoms with Gasteiger partial charge in [0.05, 0.1) is 5.69 Å². The van der Waals surface area contributed by atoms with Gasteiger partial charge in [-0.2, -0.15) is 0 Å². The smallest absolute Gasteiger partial charge is 0.255 e. The topological polar surface area (TPSA) is 75.3 Å². The van der Waals surface area contributed by atoms with E-state index in [-0.39, 0.29) is 17.3 Å². The molecule has 0 aliphatic carbocycles. The zero-order chi connectivity index (χ0) is 23.2. The minimum absolute atomic E-state index is 0.253. The van der Waals surface area contributed by atoms with Crippen LogP contribution in [-0.4, -0.2) is 17.6 Å². The first kappa shape index (κ1) is 22.0. The molecule has 4 aromatic carbocycles. The van der Waals surface area contributed by atoms with Crippen molar-refractivity contribution in [2.75, 3.05) is 10.6 Å². The molecule has 0 aliphatic rings. The number of ketones is 1. The molecule has 0 spiro atoms. The Kier molecular flexibility index (Phi) is 6.62. The molecule has 0 saturated carbocycles. The van der Waals surface area contributed by atoms with E-state index in [2.05, 4.69) is 10.6 Å². The van der Waals surface area contributed by atoms with E-state index in [1.54, 1.807) is 84.9 Å². The summed E-state index contributed by atoms with van der Waals surface area (Å²) >= 11 is 6.12. The lowest BCUT2D eigenvalue weighted by atomic mass is 10.0. The monoisotopic (exact) mass is 454 g/mol. The number of rotatable bonds is 6. The van der Waals surface area contributed by atoms with Crippen LogP contribution in [0.2, 0.25) is 5.02 Å². The third-order valence-corrected chi connectivity index (χ3v) is 5.16. The molecule has 0 unspecified atom stereocenters. The fraction of sp³-hybridized carbons (Fsp3) is 0. The minimum atomic E-state index is -0.421. The Balaban J connectivity index is 1.55. The van der Waals surface area contributed by atoms with Crippen molar-refractivity contribution >= 4 is 40.6 Å². The Morgan fingerprint density at radius 3 is 1.88 bits per heavy atom. The van der Waals surface area contributed by atoms with E-state index in [4.69, 9.17) is 11.6 Å². The highest BCUT2D eigenvalue weighted by Crippen LogP contribution is 2.25. The Hall–Kier alpha value is -4.22. The van der Waals surface area contributed by atoms with Gasteiger partial charge in [-0.3, -0.25) is 14.4 Å². The maximum Gasteiger partial charge on any atom is 0.255 e. The molecule has 0 radical (unpaired) electrons. The van der Waals surface area contributed by atoms with Crippen molar-refractivity contribution in [2.45, 2.75) is 0 Å². The number of carbonyl (C=O) groups is 3. The van der Waals surface area contributed by atoms with Crippen molar-refractivity contribution in [1.29, 1.82) is 0 Å². The first-order valence-corrected chi connectivity index (χ1v) is 10.6. The summed E-state index contributed by atoms with van der Waals surface area (Å²) in [5, 5.41) is 5.96. The zero-order valence-corrected chi connectivity index (χ0v) is 18.2. The van der Waals surface area contributed by atoms with Crippen LogP contribution in [0.3, 0.4) is 0 Å². The Morgan fingerprint density at radius 2 is 1.18 bits per heavy atom. The van der Waals surface area contributed by atoms with Crippen LogP contribution in [0.5, 0.6) is 0 Å². The molecule has 0 aliphatic heterocycles. The predicted molar refractivity (Wildman–Crippen MR) is 130 cm³/mol. The first-order chi connectivity index (χ1) is 16.0. The average molecular weight is 455 g/mol. The fourth-order valence-corrected chi connectivity index (χ4v) is 3.46. The van der Waals surface area contributed by atoms with E-state index in [0.29, 0.717) is 33.1 Å². The van der Waals surface area contributed by atoms with Crippen LogP contribution in [0.4, 0.5) is 11.4 Å². The van der Waals surface area contributed by atoms with Crippen LogP contribution < -0.4 is 10.6 Å². The van der Waals surface area contributed by atoms with Crippen LogP contribution in [0.1, 0.15) is 36.6 Å². The van der Waals surface area contributed by atoms with E-state index in [1.807, 2.05) is 12.1 Å². The molecule has 5 nitrogen and oxygen atoms in total. The van der Waals surface area contributed by atoms with Gasteiger partial charge in [-0.05, 0) is 48.5 Å². The summed E-state index contributed by atoms with van der Waals surface area (Å²) in [6.45, 7) is 0. The molecule has 0 atom stereocenters. The molecule has 0 aromatic heterocycles. The maximum absolute atomic E-state index is 13.0. The molecule has 0 fully saturated rings. The summed E-state index contributed by atoms with van der Waals surface area (Å²) in [6.07, 6.45) is 0. The molecule has 0 saturated heterocycles. The van der Waals surface area contributed by atoms with Crippen LogP contribution in [0.25, 0.3) is 0 Å². The maximum atomic E-state index is 13.0. The van der Waals surface area contributed by atoms with E-state index < -0.39 is 5.91 Å². The molecule has 33 heavy (non-hydrogen) atoms. The van der Waals surface area contributed by atoms with Gasteiger partial charge in [0.1, 0.15) is 0 Å². The van der Waals surface area contributed by atoms with Gasteiger partial charge in [0, 0.05) is 33.0 Å². The Morgan fingerprint density at radius 1 is 0.576 bits per heavy atom. The zero-order valence-electron chi connectivity index (χ0n) is 17.4. The second kappa shape index (κ2) is 9.94. The van der Waals surface area contributed by atoms with E-state index in [0.717, 1.165) is 0 Å². The number of anilines is 2. The third kappa shape index (κ3) is 5.34. The molecule has 4 rings (SSSR count). The van der Waals surface area contributed by atoms with Crippen LogP contribution in [0.15, 0.2) is 103 Å². The van der Waals surface area contributed by atoms with Crippen molar-refractivity contribution < 1.29 is 14.4 Å².